The lowest BCUT2D eigenvalue weighted by Gasteiger charge is -2.33. The maximum Gasteiger partial charge on any atom is 0.244 e. The van der Waals surface area contributed by atoms with Crippen LogP contribution in [-0.2, 0) is 32.6 Å². The number of nitrogens with one attached hydrogen (secondary N) is 1. The van der Waals surface area contributed by atoms with Crippen molar-refractivity contribution in [3.8, 4) is 0 Å². The number of carbonyl (C=O) groups is 2. The Bertz CT molecular complexity index is 1390. The predicted octanol–water partition coefficient (Wildman–Crippen LogP) is 5.30. The third kappa shape index (κ3) is 8.20. The van der Waals surface area contributed by atoms with Gasteiger partial charge in [-0.15, -0.1) is 0 Å². The Labute approximate surface area is 241 Å². The van der Waals surface area contributed by atoms with Crippen molar-refractivity contribution in [1.82, 2.24) is 10.2 Å². The first-order valence-electron chi connectivity index (χ1n) is 11.8. The van der Waals surface area contributed by atoms with Gasteiger partial charge in [0.25, 0.3) is 0 Å². The Morgan fingerprint density at radius 2 is 1.66 bits per heavy atom. The molecule has 38 heavy (non-hydrogen) atoms. The number of rotatable bonds is 11. The average molecular weight is 641 g/mol. The number of hydrogen-bond donors (Lipinski definition) is 1. The van der Waals surface area contributed by atoms with Crippen molar-refractivity contribution >= 4 is 66.7 Å². The average Bonchev–Trinajstić information content (AvgIpc) is 2.86. The van der Waals surface area contributed by atoms with Gasteiger partial charge in [0.1, 0.15) is 12.6 Å². The highest BCUT2D eigenvalue weighted by molar-refractivity contribution is 9.10. The second kappa shape index (κ2) is 13.5. The minimum absolute atomic E-state index is 0.0772. The van der Waals surface area contributed by atoms with Crippen LogP contribution in [0.3, 0.4) is 0 Å². The Morgan fingerprint density at radius 1 is 0.974 bits per heavy atom. The van der Waals surface area contributed by atoms with E-state index < -0.39 is 28.5 Å². The van der Waals surface area contributed by atoms with E-state index in [0.717, 1.165) is 26.2 Å². The molecule has 0 aromatic heterocycles. The molecule has 0 spiro atoms. The summed E-state index contributed by atoms with van der Waals surface area (Å²) in [4.78, 5) is 28.7. The fraction of sp³-hybridized carbons (Fsp3) is 0.259. The van der Waals surface area contributed by atoms with Crippen LogP contribution in [0, 0.1) is 0 Å². The molecule has 1 N–H and O–H groups in total. The van der Waals surface area contributed by atoms with Crippen LogP contribution in [0.4, 0.5) is 5.69 Å². The molecule has 0 bridgehead atoms. The zero-order chi connectivity index (χ0) is 27.9. The maximum atomic E-state index is 14.0. The standard InChI is InChI=1S/C27H28BrCl2N3O4S/c1-3-31-27(35)25(15-19-8-5-4-6-9-19)32(17-20-10-7-11-21(28)14-20)26(34)18-33(38(2,36)37)24-16-22(29)12-13-23(24)30/h4-14,16,25H,3,15,17-18H2,1-2H3,(H,31,35). The van der Waals surface area contributed by atoms with Crippen molar-refractivity contribution in [1.29, 1.82) is 0 Å². The summed E-state index contributed by atoms with van der Waals surface area (Å²) in [5.41, 5.74) is 1.70. The third-order valence-electron chi connectivity index (χ3n) is 5.72. The molecule has 0 aliphatic rings. The number of sulfonamides is 1. The Morgan fingerprint density at radius 3 is 2.29 bits per heavy atom. The van der Waals surface area contributed by atoms with Gasteiger partial charge in [-0.25, -0.2) is 8.42 Å². The molecule has 0 radical (unpaired) electrons. The van der Waals surface area contributed by atoms with Crippen molar-refractivity contribution in [3.05, 3.63) is 98.4 Å². The highest BCUT2D eigenvalue weighted by Gasteiger charge is 2.33. The van der Waals surface area contributed by atoms with Gasteiger partial charge >= 0.3 is 0 Å². The first-order valence-corrected chi connectivity index (χ1v) is 15.2. The summed E-state index contributed by atoms with van der Waals surface area (Å²) in [7, 11) is -3.95. The summed E-state index contributed by atoms with van der Waals surface area (Å²) in [6, 6.07) is 20.2. The SMILES string of the molecule is CCNC(=O)C(Cc1ccccc1)N(Cc1cccc(Br)c1)C(=O)CN(c1cc(Cl)ccc1Cl)S(C)(=O)=O. The van der Waals surface area contributed by atoms with E-state index >= 15 is 0 Å². The molecule has 0 fully saturated rings. The third-order valence-corrected chi connectivity index (χ3v) is 7.89. The first-order chi connectivity index (χ1) is 18.0. The summed E-state index contributed by atoms with van der Waals surface area (Å²) in [5, 5.41) is 3.20. The van der Waals surface area contributed by atoms with Gasteiger partial charge in [-0.2, -0.15) is 0 Å². The molecule has 11 heteroatoms. The number of likely N-dealkylation sites (N-methyl/N-ethyl adjacent to an activating group) is 1. The molecule has 0 heterocycles. The van der Waals surface area contributed by atoms with E-state index in [9.17, 15) is 18.0 Å². The molecular weight excluding hydrogens is 613 g/mol. The summed E-state index contributed by atoms with van der Waals surface area (Å²) < 4.78 is 27.4. The lowest BCUT2D eigenvalue weighted by Crippen LogP contribution is -2.53. The molecule has 3 rings (SSSR count). The van der Waals surface area contributed by atoms with Gasteiger partial charge in [0.15, 0.2) is 0 Å². The van der Waals surface area contributed by atoms with Crippen LogP contribution >= 0.6 is 39.1 Å². The fourth-order valence-corrected chi connectivity index (χ4v) is 5.69. The monoisotopic (exact) mass is 639 g/mol. The molecular formula is C27H28BrCl2N3O4S. The van der Waals surface area contributed by atoms with Crippen LogP contribution in [0.15, 0.2) is 77.3 Å². The Kier molecular flexibility index (Phi) is 10.6. The predicted molar refractivity (Wildman–Crippen MR) is 156 cm³/mol. The quantitative estimate of drug-likeness (QED) is 0.308. The van der Waals surface area contributed by atoms with Crippen LogP contribution in [0.2, 0.25) is 10.0 Å². The molecule has 2 amide bonds. The zero-order valence-electron chi connectivity index (χ0n) is 20.9. The summed E-state index contributed by atoms with van der Waals surface area (Å²) in [5.74, 6) is -0.912. The number of carbonyl (C=O) groups excluding carboxylic acids is 2. The minimum atomic E-state index is -3.95. The van der Waals surface area contributed by atoms with Gasteiger partial charge in [0.2, 0.25) is 21.8 Å². The molecule has 0 aliphatic carbocycles. The lowest BCUT2D eigenvalue weighted by molar-refractivity contribution is -0.140. The largest absolute Gasteiger partial charge is 0.355 e. The Hall–Kier alpha value is -2.59. The van der Waals surface area contributed by atoms with Gasteiger partial charge < -0.3 is 10.2 Å². The Balaban J connectivity index is 2.07. The molecule has 3 aromatic carbocycles. The van der Waals surface area contributed by atoms with Crippen molar-refractivity contribution in [3.63, 3.8) is 0 Å². The van der Waals surface area contributed by atoms with E-state index in [1.807, 2.05) is 54.6 Å². The minimum Gasteiger partial charge on any atom is -0.355 e. The van der Waals surface area contributed by atoms with Crippen LogP contribution in [0.5, 0.6) is 0 Å². The van der Waals surface area contributed by atoms with Crippen LogP contribution in [0.1, 0.15) is 18.1 Å². The normalized spacial score (nSPS) is 12.0. The highest BCUT2D eigenvalue weighted by Crippen LogP contribution is 2.31. The van der Waals surface area contributed by atoms with Gasteiger partial charge in [-0.3, -0.25) is 13.9 Å². The number of hydrogen-bond acceptors (Lipinski definition) is 4. The molecule has 1 unspecified atom stereocenters. The summed E-state index contributed by atoms with van der Waals surface area (Å²) in [6.45, 7) is 1.67. The van der Waals surface area contributed by atoms with Crippen LogP contribution < -0.4 is 9.62 Å². The summed E-state index contributed by atoms with van der Waals surface area (Å²) in [6.07, 6.45) is 1.23. The van der Waals surface area contributed by atoms with Crippen molar-refractivity contribution < 1.29 is 18.0 Å². The van der Waals surface area contributed by atoms with E-state index in [0.29, 0.717) is 6.54 Å². The van der Waals surface area contributed by atoms with E-state index in [1.54, 1.807) is 6.92 Å². The molecule has 0 saturated heterocycles. The van der Waals surface area contributed by atoms with Crippen LogP contribution in [0.25, 0.3) is 0 Å². The second-order valence-electron chi connectivity index (χ2n) is 8.62. The first kappa shape index (κ1) is 30.0. The second-order valence-corrected chi connectivity index (χ2v) is 12.3. The van der Waals surface area contributed by atoms with Crippen molar-refractivity contribution in [2.24, 2.45) is 0 Å². The molecule has 0 aliphatic heterocycles. The number of benzene rings is 3. The van der Waals surface area contributed by atoms with E-state index in [2.05, 4.69) is 21.2 Å². The highest BCUT2D eigenvalue weighted by atomic mass is 79.9. The van der Waals surface area contributed by atoms with Crippen molar-refractivity contribution in [2.45, 2.75) is 25.9 Å². The van der Waals surface area contributed by atoms with E-state index in [-0.39, 0.29) is 34.6 Å². The lowest BCUT2D eigenvalue weighted by atomic mass is 10.0. The number of nitrogens with zero attached hydrogens (tertiary/aromatic N) is 2. The molecule has 202 valence electrons. The van der Waals surface area contributed by atoms with Gasteiger partial charge in [0, 0.05) is 29.0 Å². The number of halogens is 3. The molecule has 3 aromatic rings. The molecule has 1 atom stereocenters. The zero-order valence-corrected chi connectivity index (χ0v) is 24.8. The van der Waals surface area contributed by atoms with E-state index in [1.165, 1.54) is 23.1 Å². The van der Waals surface area contributed by atoms with Crippen LogP contribution in [-0.4, -0.2) is 50.5 Å². The fourth-order valence-electron chi connectivity index (χ4n) is 3.95. The molecule has 7 nitrogen and oxygen atoms in total. The van der Waals surface area contributed by atoms with Gasteiger partial charge in [0.05, 0.1) is 17.0 Å². The maximum absolute atomic E-state index is 14.0. The van der Waals surface area contributed by atoms with Gasteiger partial charge in [-0.1, -0.05) is 81.6 Å². The van der Waals surface area contributed by atoms with E-state index in [4.69, 9.17) is 23.2 Å². The molecule has 0 saturated carbocycles. The van der Waals surface area contributed by atoms with Gasteiger partial charge in [-0.05, 0) is 48.4 Å². The summed E-state index contributed by atoms with van der Waals surface area (Å²) >= 11 is 15.9. The topological polar surface area (TPSA) is 86.8 Å². The number of amides is 2. The smallest absolute Gasteiger partial charge is 0.244 e. The number of anilines is 1. The van der Waals surface area contributed by atoms with Crippen molar-refractivity contribution in [2.75, 3.05) is 23.7 Å².